The Balaban J connectivity index is 1.29. The molecule has 1 saturated heterocycles. The van der Waals surface area contributed by atoms with Gasteiger partial charge in [0.25, 0.3) is 0 Å². The van der Waals surface area contributed by atoms with Gasteiger partial charge in [0.15, 0.2) is 16.7 Å². The second kappa shape index (κ2) is 12.2. The smallest absolute Gasteiger partial charge is 0.431 e. The molecule has 4 aromatic rings. The van der Waals surface area contributed by atoms with Crippen LogP contribution in [0.25, 0.3) is 17.1 Å². The van der Waals surface area contributed by atoms with Crippen molar-refractivity contribution in [3.63, 3.8) is 0 Å². The third-order valence-corrected chi connectivity index (χ3v) is 6.66. The van der Waals surface area contributed by atoms with Crippen LogP contribution in [0.3, 0.4) is 0 Å². The molecular formula is C28H21F5N6O3S. The summed E-state index contributed by atoms with van der Waals surface area (Å²) in [5.74, 6) is -0.00564. The molecule has 0 N–H and O–H groups in total. The van der Waals surface area contributed by atoms with Gasteiger partial charge in [-0.3, -0.25) is 9.69 Å². The highest BCUT2D eigenvalue weighted by molar-refractivity contribution is 8.14. The van der Waals surface area contributed by atoms with Crippen molar-refractivity contribution in [3.8, 4) is 28.6 Å². The molecular weight excluding hydrogens is 595 g/mol. The van der Waals surface area contributed by atoms with Gasteiger partial charge in [-0.15, -0.1) is 23.4 Å². The minimum absolute atomic E-state index is 0.136. The maximum Gasteiger partial charge on any atom is 0.573 e. The Bertz CT molecular complexity index is 1650. The zero-order valence-electron chi connectivity index (χ0n) is 22.2. The maximum atomic E-state index is 13.6. The van der Waals surface area contributed by atoms with Crippen LogP contribution in [0.15, 0.2) is 89.3 Å². The summed E-state index contributed by atoms with van der Waals surface area (Å²) in [6.45, 7) is 0.613. The minimum Gasteiger partial charge on any atom is -0.431 e. The van der Waals surface area contributed by atoms with Gasteiger partial charge in [0.05, 0.1) is 17.6 Å². The van der Waals surface area contributed by atoms with Crippen LogP contribution < -0.4 is 14.4 Å². The van der Waals surface area contributed by atoms with E-state index in [0.717, 1.165) is 0 Å². The lowest BCUT2D eigenvalue weighted by Gasteiger charge is -2.29. The summed E-state index contributed by atoms with van der Waals surface area (Å²) in [6, 6.07) is 18.2. The number of anilines is 1. The normalized spacial score (nSPS) is 15.3. The molecule has 5 rings (SSSR count). The molecule has 1 aromatic heterocycles. The van der Waals surface area contributed by atoms with Crippen LogP contribution in [0.2, 0.25) is 0 Å². The number of amides is 1. The fourth-order valence-corrected chi connectivity index (χ4v) is 4.82. The number of carbonyl (C=O) groups is 1. The number of benzene rings is 3. The van der Waals surface area contributed by atoms with Crippen molar-refractivity contribution >= 4 is 34.7 Å². The number of alkyl halides is 5. The number of halogens is 5. The summed E-state index contributed by atoms with van der Waals surface area (Å²) in [6.07, 6.45) is -5.14. The number of ether oxygens (including phenoxy) is 2. The number of carbonyl (C=O) groups excluding carboxylic acids is 1. The maximum absolute atomic E-state index is 13.6. The van der Waals surface area contributed by atoms with Gasteiger partial charge in [-0.25, -0.2) is 9.67 Å². The van der Waals surface area contributed by atoms with E-state index in [1.807, 2.05) is 0 Å². The number of aromatic nitrogens is 3. The third-order valence-electron chi connectivity index (χ3n) is 5.73. The Labute approximate surface area is 245 Å². The van der Waals surface area contributed by atoms with E-state index < -0.39 is 12.5 Å². The Kier molecular flexibility index (Phi) is 8.43. The predicted octanol–water partition coefficient (Wildman–Crippen LogP) is 6.68. The molecule has 0 radical (unpaired) electrons. The van der Waals surface area contributed by atoms with Crippen molar-refractivity contribution in [2.45, 2.75) is 25.8 Å². The van der Waals surface area contributed by atoms with Gasteiger partial charge >= 0.3 is 12.5 Å². The summed E-state index contributed by atoms with van der Waals surface area (Å²) in [5, 5.41) is 12.9. The summed E-state index contributed by atoms with van der Waals surface area (Å²) in [7, 11) is 0. The van der Waals surface area contributed by atoms with E-state index in [2.05, 4.69) is 25.0 Å². The lowest BCUT2D eigenvalue weighted by molar-refractivity contribution is -0.274. The van der Waals surface area contributed by atoms with E-state index in [0.29, 0.717) is 35.3 Å². The van der Waals surface area contributed by atoms with Crippen molar-refractivity contribution in [3.05, 3.63) is 84.7 Å². The van der Waals surface area contributed by atoms with E-state index in [1.54, 1.807) is 30.3 Å². The molecule has 1 aliphatic heterocycles. The summed E-state index contributed by atoms with van der Waals surface area (Å²) >= 11 is 1.26. The van der Waals surface area contributed by atoms with Gasteiger partial charge in [-0.2, -0.15) is 13.9 Å². The molecule has 15 heteroatoms. The molecule has 222 valence electrons. The molecule has 9 nitrogen and oxygen atoms in total. The Hall–Kier alpha value is -4.79. The Morgan fingerprint density at radius 2 is 1.67 bits per heavy atom. The van der Waals surface area contributed by atoms with Gasteiger partial charge in [0.2, 0.25) is 5.91 Å². The molecule has 0 atom stereocenters. The highest BCUT2D eigenvalue weighted by Crippen LogP contribution is 2.36. The minimum atomic E-state index is -4.78. The molecule has 0 unspecified atom stereocenters. The first-order chi connectivity index (χ1) is 20.4. The first-order valence-electron chi connectivity index (χ1n) is 12.6. The monoisotopic (exact) mass is 616 g/mol. The third kappa shape index (κ3) is 7.74. The molecule has 3 aromatic carbocycles. The highest BCUT2D eigenvalue weighted by Gasteiger charge is 2.32. The van der Waals surface area contributed by atoms with E-state index in [-0.39, 0.29) is 34.7 Å². The largest absolute Gasteiger partial charge is 0.573 e. The van der Waals surface area contributed by atoms with Crippen LogP contribution in [0, 0.1) is 0 Å². The summed E-state index contributed by atoms with van der Waals surface area (Å²) in [5.41, 5.74) is 1.96. The van der Waals surface area contributed by atoms with Gasteiger partial charge < -0.3 is 9.47 Å². The van der Waals surface area contributed by atoms with Gasteiger partial charge in [0.1, 0.15) is 12.1 Å². The van der Waals surface area contributed by atoms with Crippen LogP contribution >= 0.6 is 11.8 Å². The molecule has 1 amide bonds. The number of nitrogens with zero attached hydrogens (tertiary/aromatic N) is 6. The molecule has 1 fully saturated rings. The van der Waals surface area contributed by atoms with Crippen molar-refractivity contribution in [2.75, 3.05) is 10.7 Å². The van der Waals surface area contributed by atoms with Gasteiger partial charge in [-0.05, 0) is 42.0 Å². The van der Waals surface area contributed by atoms with Crippen molar-refractivity contribution in [1.29, 1.82) is 0 Å². The standard InChI is InChI=1S/C28H21F5N6O3S/c1-27(29,30)42-23-5-3-2-4-22(23)39-24(40)14-15-43-26(39)36-35-16-18-6-8-19(9-7-18)25-34-17-38(37-25)20-10-12-21(13-11-20)41-28(31,32)33/h2-13,16-17H,14-15H2,1H3. The molecule has 0 aliphatic carbocycles. The van der Waals surface area contributed by atoms with Gasteiger partial charge in [-0.1, -0.05) is 48.2 Å². The molecule has 43 heavy (non-hydrogen) atoms. The molecule has 1 aliphatic rings. The first kappa shape index (κ1) is 29.7. The molecule has 0 bridgehead atoms. The number of hydrogen-bond donors (Lipinski definition) is 0. The zero-order valence-corrected chi connectivity index (χ0v) is 23.0. The van der Waals surface area contributed by atoms with Crippen LogP contribution in [0.5, 0.6) is 11.5 Å². The first-order valence-corrected chi connectivity index (χ1v) is 13.5. The number of amidine groups is 1. The Morgan fingerprint density at radius 3 is 2.37 bits per heavy atom. The quantitative estimate of drug-likeness (QED) is 0.125. The summed E-state index contributed by atoms with van der Waals surface area (Å²) < 4.78 is 74.4. The molecule has 0 saturated carbocycles. The van der Waals surface area contributed by atoms with Crippen LogP contribution in [-0.2, 0) is 4.79 Å². The zero-order chi connectivity index (χ0) is 30.6. The highest BCUT2D eigenvalue weighted by atomic mass is 32.2. The van der Waals surface area contributed by atoms with Crippen molar-refractivity contribution in [1.82, 2.24) is 14.8 Å². The van der Waals surface area contributed by atoms with Gasteiger partial charge in [0, 0.05) is 24.7 Å². The van der Waals surface area contributed by atoms with E-state index in [9.17, 15) is 26.7 Å². The van der Waals surface area contributed by atoms with Crippen molar-refractivity contribution < 1.29 is 36.2 Å². The van der Waals surface area contributed by atoms with Crippen molar-refractivity contribution in [2.24, 2.45) is 10.2 Å². The topological polar surface area (TPSA) is 94.2 Å². The number of rotatable bonds is 8. The number of thioether (sulfide) groups is 1. The van der Waals surface area contributed by atoms with E-state index in [4.69, 9.17) is 4.74 Å². The fraction of sp³-hybridized carbons (Fsp3) is 0.179. The second-order valence-electron chi connectivity index (χ2n) is 9.01. The second-order valence-corrected chi connectivity index (χ2v) is 10.1. The van der Waals surface area contributed by atoms with Crippen LogP contribution in [0.1, 0.15) is 18.9 Å². The molecule has 2 heterocycles. The average Bonchev–Trinajstić information content (AvgIpc) is 3.43. The SMILES string of the molecule is CC(F)(F)Oc1ccccc1N1C(=O)CCSC1=NN=Cc1ccc(-c2ncn(-c3ccc(OC(F)(F)F)cc3)n2)cc1. The number of hydrogen-bond acceptors (Lipinski definition) is 8. The average molecular weight is 617 g/mol. The lowest BCUT2D eigenvalue weighted by Crippen LogP contribution is -2.39. The van der Waals surface area contributed by atoms with E-state index >= 15 is 0 Å². The lowest BCUT2D eigenvalue weighted by atomic mass is 10.1. The molecule has 0 spiro atoms. The number of para-hydroxylation sites is 2. The fourth-order valence-electron chi connectivity index (χ4n) is 3.93. The van der Waals surface area contributed by atoms with E-state index in [1.165, 1.54) is 76.4 Å². The van der Waals surface area contributed by atoms with Crippen LogP contribution in [0.4, 0.5) is 27.6 Å². The van der Waals surface area contributed by atoms with Crippen LogP contribution in [-0.4, -0.2) is 50.3 Å². The summed E-state index contributed by atoms with van der Waals surface area (Å²) in [4.78, 5) is 18.2. The predicted molar refractivity (Wildman–Crippen MR) is 151 cm³/mol. The Morgan fingerprint density at radius 1 is 0.953 bits per heavy atom.